The molecule has 0 radical (unpaired) electrons. The van der Waals surface area contributed by atoms with Crippen LogP contribution in [0.15, 0.2) is 12.2 Å². The molecule has 1 N–H and O–H groups in total. The third-order valence-corrected chi connectivity index (χ3v) is 0.507. The maximum absolute atomic E-state index is 9.71. The van der Waals surface area contributed by atoms with Crippen molar-refractivity contribution >= 4 is 12.3 Å². The molecule has 0 atom stereocenters. The maximum atomic E-state index is 9.71. The molecule has 0 heterocycles. The van der Waals surface area contributed by atoms with Crippen LogP contribution in [0.25, 0.3) is 0 Å². The second-order valence-electron chi connectivity index (χ2n) is 1.16. The number of aldehydes is 1. The van der Waals surface area contributed by atoms with E-state index in [4.69, 9.17) is 5.11 Å². The first-order chi connectivity index (χ1) is 3.77. The van der Waals surface area contributed by atoms with Gasteiger partial charge in [-0.15, -0.1) is 0 Å². The van der Waals surface area contributed by atoms with E-state index in [2.05, 4.69) is 0 Å². The van der Waals surface area contributed by atoms with Gasteiger partial charge in [0.05, 0.1) is 6.42 Å². The number of hydrogen-bond donors (Lipinski definition) is 1. The van der Waals surface area contributed by atoms with Crippen LogP contribution in [-0.2, 0) is 9.59 Å². The third kappa shape index (κ3) is 4.88. The van der Waals surface area contributed by atoms with Crippen molar-refractivity contribution in [3.05, 3.63) is 12.2 Å². The Hall–Kier alpha value is -1.12. The van der Waals surface area contributed by atoms with Gasteiger partial charge in [-0.3, -0.25) is 9.59 Å². The molecule has 0 saturated heterocycles. The predicted molar refractivity (Wildman–Crippen MR) is 27.5 cm³/mol. The molecule has 3 nitrogen and oxygen atoms in total. The second-order valence-corrected chi connectivity index (χ2v) is 1.16. The first-order valence-corrected chi connectivity index (χ1v) is 2.09. The van der Waals surface area contributed by atoms with Gasteiger partial charge in [-0.25, -0.2) is 0 Å². The second kappa shape index (κ2) is 4.05. The molecule has 0 aromatic heterocycles. The van der Waals surface area contributed by atoms with Crippen LogP contribution in [0, 0.1) is 0 Å². The molecule has 44 valence electrons. The molecule has 0 aliphatic carbocycles. The lowest BCUT2D eigenvalue weighted by Gasteiger charge is -1.77. The summed E-state index contributed by atoms with van der Waals surface area (Å²) in [5.74, 6) is -0.928. The van der Waals surface area contributed by atoms with Gasteiger partial charge in [0, 0.05) is 0 Å². The molecule has 0 amide bonds. The SMILES string of the molecule is O=CC=CCC(=O)O. The maximum Gasteiger partial charge on any atom is 0.307 e. The number of rotatable bonds is 3. The fourth-order valence-corrected chi connectivity index (χ4v) is 0.224. The first-order valence-electron chi connectivity index (χ1n) is 2.09. The Bertz CT molecular complexity index is 115. The molecule has 0 aromatic rings. The topological polar surface area (TPSA) is 54.4 Å². The highest BCUT2D eigenvalue weighted by molar-refractivity contribution is 5.71. The monoisotopic (exact) mass is 114 g/mol. The largest absolute Gasteiger partial charge is 0.481 e. The van der Waals surface area contributed by atoms with Gasteiger partial charge >= 0.3 is 5.97 Å². The van der Waals surface area contributed by atoms with E-state index in [-0.39, 0.29) is 6.42 Å². The summed E-state index contributed by atoms with van der Waals surface area (Å²) in [7, 11) is 0. The Labute approximate surface area is 46.6 Å². The Morgan fingerprint density at radius 2 is 2.25 bits per heavy atom. The summed E-state index contributed by atoms with van der Waals surface area (Å²) in [6, 6.07) is 0. The van der Waals surface area contributed by atoms with E-state index in [1.165, 1.54) is 6.08 Å². The normalized spacial score (nSPS) is 9.50. The quantitative estimate of drug-likeness (QED) is 0.421. The molecule has 3 heteroatoms. The van der Waals surface area contributed by atoms with E-state index in [0.29, 0.717) is 6.29 Å². The summed E-state index contributed by atoms with van der Waals surface area (Å²) >= 11 is 0. The molecular formula is C5H6O3. The van der Waals surface area contributed by atoms with Gasteiger partial charge in [0.2, 0.25) is 0 Å². The smallest absolute Gasteiger partial charge is 0.307 e. The van der Waals surface area contributed by atoms with Crippen molar-refractivity contribution in [3.63, 3.8) is 0 Å². The van der Waals surface area contributed by atoms with Crippen LogP contribution >= 0.6 is 0 Å². The number of hydrogen-bond acceptors (Lipinski definition) is 2. The van der Waals surface area contributed by atoms with Gasteiger partial charge in [-0.2, -0.15) is 0 Å². The van der Waals surface area contributed by atoms with E-state index in [0.717, 1.165) is 6.08 Å². The van der Waals surface area contributed by atoms with E-state index < -0.39 is 5.97 Å². The van der Waals surface area contributed by atoms with Crippen LogP contribution in [0.3, 0.4) is 0 Å². The van der Waals surface area contributed by atoms with Crippen molar-refractivity contribution in [1.82, 2.24) is 0 Å². The van der Waals surface area contributed by atoms with Crippen molar-refractivity contribution in [1.29, 1.82) is 0 Å². The zero-order valence-corrected chi connectivity index (χ0v) is 4.20. The number of carboxylic acids is 1. The highest BCUT2D eigenvalue weighted by Crippen LogP contribution is 1.78. The molecule has 0 bridgehead atoms. The molecular weight excluding hydrogens is 108 g/mol. The van der Waals surface area contributed by atoms with E-state index in [9.17, 15) is 9.59 Å². The first kappa shape index (κ1) is 6.88. The fourth-order valence-electron chi connectivity index (χ4n) is 0.224. The average Bonchev–Trinajstić information content (AvgIpc) is 1.66. The Kier molecular flexibility index (Phi) is 3.48. The minimum atomic E-state index is -0.928. The summed E-state index contributed by atoms with van der Waals surface area (Å²) < 4.78 is 0. The molecule has 0 aliphatic rings. The lowest BCUT2D eigenvalue weighted by molar-refractivity contribution is -0.135. The molecule has 0 fully saturated rings. The Balaban J connectivity index is 3.29. The Morgan fingerprint density at radius 3 is 2.62 bits per heavy atom. The van der Waals surface area contributed by atoms with Crippen molar-refractivity contribution in [3.8, 4) is 0 Å². The number of carboxylic acid groups (broad SMARTS) is 1. The van der Waals surface area contributed by atoms with Gasteiger partial charge in [0.15, 0.2) is 0 Å². The third-order valence-electron chi connectivity index (χ3n) is 0.507. The van der Waals surface area contributed by atoms with Gasteiger partial charge < -0.3 is 5.11 Å². The molecule has 8 heavy (non-hydrogen) atoms. The van der Waals surface area contributed by atoms with Crippen LogP contribution in [0.2, 0.25) is 0 Å². The Morgan fingerprint density at radius 1 is 1.62 bits per heavy atom. The molecule has 0 saturated carbocycles. The summed E-state index contributed by atoms with van der Waals surface area (Å²) in [4.78, 5) is 19.2. The lowest BCUT2D eigenvalue weighted by atomic mass is 10.4. The van der Waals surface area contributed by atoms with Crippen molar-refractivity contribution in [2.24, 2.45) is 0 Å². The molecule has 0 spiro atoms. The average molecular weight is 114 g/mol. The zero-order valence-electron chi connectivity index (χ0n) is 4.20. The van der Waals surface area contributed by atoms with Crippen LogP contribution in [0.1, 0.15) is 6.42 Å². The minimum Gasteiger partial charge on any atom is -0.481 e. The number of carbonyl (C=O) groups excluding carboxylic acids is 1. The fraction of sp³-hybridized carbons (Fsp3) is 0.200. The highest BCUT2D eigenvalue weighted by atomic mass is 16.4. The van der Waals surface area contributed by atoms with Crippen LogP contribution in [-0.4, -0.2) is 17.4 Å². The molecule has 0 rings (SSSR count). The van der Waals surface area contributed by atoms with Crippen molar-refractivity contribution < 1.29 is 14.7 Å². The van der Waals surface area contributed by atoms with Gasteiger partial charge in [0.25, 0.3) is 0 Å². The summed E-state index contributed by atoms with van der Waals surface area (Å²) in [6.07, 6.45) is 2.91. The number of carbonyl (C=O) groups is 2. The van der Waals surface area contributed by atoms with Gasteiger partial charge in [-0.1, -0.05) is 6.08 Å². The van der Waals surface area contributed by atoms with E-state index >= 15 is 0 Å². The molecule has 0 unspecified atom stereocenters. The number of aliphatic carboxylic acids is 1. The van der Waals surface area contributed by atoms with Crippen molar-refractivity contribution in [2.75, 3.05) is 0 Å². The van der Waals surface area contributed by atoms with Gasteiger partial charge in [-0.05, 0) is 6.08 Å². The molecule has 0 aromatic carbocycles. The van der Waals surface area contributed by atoms with Crippen LogP contribution in [0.4, 0.5) is 0 Å². The highest BCUT2D eigenvalue weighted by Gasteiger charge is 1.86. The van der Waals surface area contributed by atoms with E-state index in [1.54, 1.807) is 0 Å². The van der Waals surface area contributed by atoms with Crippen LogP contribution < -0.4 is 0 Å². The standard InChI is InChI=1S/C5H6O3/c6-4-2-1-3-5(7)8/h1-2,4H,3H2,(H,7,8). The summed E-state index contributed by atoms with van der Waals surface area (Å²) in [6.45, 7) is 0. The van der Waals surface area contributed by atoms with Crippen LogP contribution in [0.5, 0.6) is 0 Å². The summed E-state index contributed by atoms with van der Waals surface area (Å²) in [5.41, 5.74) is 0. The van der Waals surface area contributed by atoms with Gasteiger partial charge in [0.1, 0.15) is 6.29 Å². The van der Waals surface area contributed by atoms with Crippen molar-refractivity contribution in [2.45, 2.75) is 6.42 Å². The zero-order chi connectivity index (χ0) is 6.41. The van der Waals surface area contributed by atoms with E-state index in [1.807, 2.05) is 0 Å². The summed E-state index contributed by atoms with van der Waals surface area (Å²) in [5, 5.41) is 7.97. The minimum absolute atomic E-state index is 0.0846. The lowest BCUT2D eigenvalue weighted by Crippen LogP contribution is -1.89. The predicted octanol–water partition coefficient (Wildman–Crippen LogP) is 0.216. The molecule has 0 aliphatic heterocycles. The number of allylic oxidation sites excluding steroid dienone is 1.